The van der Waals surface area contributed by atoms with Crippen molar-refractivity contribution in [3.63, 3.8) is 0 Å². The van der Waals surface area contributed by atoms with Gasteiger partial charge in [-0.15, -0.1) is 0 Å². The van der Waals surface area contributed by atoms with E-state index in [-0.39, 0.29) is 23.3 Å². The minimum atomic E-state index is -0.644. The number of piperazine rings is 1. The lowest BCUT2D eigenvalue weighted by atomic mass is 10.0. The number of ether oxygens (including phenoxy) is 1. The topological polar surface area (TPSA) is 61.8 Å². The molecule has 2 aromatic rings. The molecule has 7 nitrogen and oxygen atoms in total. The van der Waals surface area contributed by atoms with Crippen LogP contribution < -0.4 is 9.64 Å². The number of hydrogen-bond donors (Lipinski definition) is 0. The van der Waals surface area contributed by atoms with Gasteiger partial charge < -0.3 is 9.64 Å². The van der Waals surface area contributed by atoms with Crippen LogP contribution in [0, 0.1) is 0 Å². The van der Waals surface area contributed by atoms with Gasteiger partial charge in [0.2, 0.25) is 5.95 Å². The summed E-state index contributed by atoms with van der Waals surface area (Å²) in [4.78, 5) is 25.4. The van der Waals surface area contributed by atoms with Crippen LogP contribution in [0.3, 0.4) is 0 Å². The highest BCUT2D eigenvalue weighted by Gasteiger charge is 2.29. The number of benzene rings is 1. The van der Waals surface area contributed by atoms with Crippen molar-refractivity contribution in [1.82, 2.24) is 20.0 Å². The van der Waals surface area contributed by atoms with Gasteiger partial charge >= 0.3 is 0 Å². The third-order valence-corrected chi connectivity index (χ3v) is 6.40. The number of rotatable bonds is 3. The molecule has 0 radical (unpaired) electrons. The molecule has 1 aromatic carbocycles. The summed E-state index contributed by atoms with van der Waals surface area (Å²) in [5.41, 5.74) is 3.48. The maximum atomic E-state index is 13.5. The highest BCUT2D eigenvalue weighted by Crippen LogP contribution is 2.33. The van der Waals surface area contributed by atoms with Crippen LogP contribution in [0.25, 0.3) is 0 Å². The first kappa shape index (κ1) is 19.2. The summed E-state index contributed by atoms with van der Waals surface area (Å²) in [6, 6.07) is 6.90. The van der Waals surface area contributed by atoms with Crippen molar-refractivity contribution in [2.75, 3.05) is 37.6 Å². The Morgan fingerprint density at radius 2 is 2.00 bits per heavy atom. The van der Waals surface area contributed by atoms with Crippen LogP contribution in [-0.2, 0) is 12.8 Å². The second kappa shape index (κ2) is 7.50. The lowest BCUT2D eigenvalue weighted by Gasteiger charge is -2.38. The fraction of sp³-hybridized carbons (Fsp3) is 0.500. The van der Waals surface area contributed by atoms with Gasteiger partial charge in [0.15, 0.2) is 0 Å². The zero-order valence-electron chi connectivity index (χ0n) is 17.3. The van der Waals surface area contributed by atoms with Gasteiger partial charge in [0, 0.05) is 51.3 Å². The van der Waals surface area contributed by atoms with Gasteiger partial charge in [-0.2, -0.15) is 5.12 Å². The number of amides is 1. The first-order chi connectivity index (χ1) is 14.5. The minimum absolute atomic E-state index is 0.0524. The molecule has 30 heavy (non-hydrogen) atoms. The fourth-order valence-electron chi connectivity index (χ4n) is 4.56. The average Bonchev–Trinajstić information content (AvgIpc) is 3.15. The number of aromatic nitrogens is 2. The zero-order chi connectivity index (χ0) is 20.8. The third-order valence-electron chi connectivity index (χ3n) is 6.40. The van der Waals surface area contributed by atoms with Crippen molar-refractivity contribution < 1.29 is 14.0 Å². The zero-order valence-corrected chi connectivity index (χ0v) is 17.3. The van der Waals surface area contributed by atoms with E-state index in [4.69, 9.17) is 4.74 Å². The standard InChI is InChI=1S/C22H26FN5O2/c1-14-11-17-4-3-16(12-20(17)30-14)15(2)26-7-9-27(10-8-26)22-24-13-18-19(25-22)5-6-28(23)21(18)29/h3-4,12-15H,5-11H2,1-2H3. The molecule has 0 saturated carbocycles. The van der Waals surface area contributed by atoms with Crippen LogP contribution in [-0.4, -0.2) is 64.7 Å². The predicted octanol–water partition coefficient (Wildman–Crippen LogP) is 2.57. The van der Waals surface area contributed by atoms with E-state index >= 15 is 0 Å². The van der Waals surface area contributed by atoms with Crippen molar-refractivity contribution in [3.05, 3.63) is 46.8 Å². The van der Waals surface area contributed by atoms with Crippen molar-refractivity contribution in [2.45, 2.75) is 38.8 Å². The molecule has 8 heteroatoms. The monoisotopic (exact) mass is 411 g/mol. The summed E-state index contributed by atoms with van der Waals surface area (Å²) < 4.78 is 19.4. The molecule has 3 aliphatic rings. The summed E-state index contributed by atoms with van der Waals surface area (Å²) in [5.74, 6) is 1.00. The number of carbonyl (C=O) groups excluding carboxylic acids is 1. The van der Waals surface area contributed by atoms with Crippen molar-refractivity contribution in [3.8, 4) is 5.75 Å². The van der Waals surface area contributed by atoms with Gasteiger partial charge in [-0.3, -0.25) is 9.69 Å². The molecule has 1 amide bonds. The van der Waals surface area contributed by atoms with Crippen LogP contribution >= 0.6 is 0 Å². The predicted molar refractivity (Wildman–Crippen MR) is 110 cm³/mol. The van der Waals surface area contributed by atoms with Gasteiger partial charge in [0.1, 0.15) is 11.9 Å². The molecule has 0 spiro atoms. The quantitative estimate of drug-likeness (QED) is 0.724. The average molecular weight is 411 g/mol. The lowest BCUT2D eigenvalue weighted by Crippen LogP contribution is -2.48. The van der Waals surface area contributed by atoms with Crippen molar-refractivity contribution >= 4 is 11.9 Å². The molecule has 0 bridgehead atoms. The Hall–Kier alpha value is -2.74. The summed E-state index contributed by atoms with van der Waals surface area (Å²) >= 11 is 0. The Labute approximate surface area is 175 Å². The highest BCUT2D eigenvalue weighted by molar-refractivity contribution is 5.95. The molecular formula is C22H26FN5O2. The summed E-state index contributed by atoms with van der Waals surface area (Å²) in [6.45, 7) is 7.81. The second-order valence-corrected chi connectivity index (χ2v) is 8.37. The summed E-state index contributed by atoms with van der Waals surface area (Å²) in [7, 11) is 0. The number of nitrogens with zero attached hydrogens (tertiary/aromatic N) is 5. The third kappa shape index (κ3) is 3.39. The number of anilines is 1. The Morgan fingerprint density at radius 1 is 1.20 bits per heavy atom. The number of halogens is 1. The number of carbonyl (C=O) groups is 1. The maximum absolute atomic E-state index is 13.5. The molecule has 158 valence electrons. The normalized spacial score (nSPS) is 22.5. The highest BCUT2D eigenvalue weighted by atomic mass is 19.2. The van der Waals surface area contributed by atoms with Gasteiger partial charge in [-0.1, -0.05) is 16.6 Å². The van der Waals surface area contributed by atoms with E-state index in [1.54, 1.807) is 0 Å². The number of hydrogen-bond acceptors (Lipinski definition) is 6. The van der Waals surface area contributed by atoms with E-state index in [0.717, 1.165) is 38.3 Å². The Morgan fingerprint density at radius 3 is 2.80 bits per heavy atom. The summed E-state index contributed by atoms with van der Waals surface area (Å²) in [6.07, 6.45) is 3.13. The lowest BCUT2D eigenvalue weighted by molar-refractivity contribution is 0.0166. The van der Waals surface area contributed by atoms with Crippen LogP contribution in [0.15, 0.2) is 24.4 Å². The van der Waals surface area contributed by atoms with E-state index < -0.39 is 5.91 Å². The summed E-state index contributed by atoms with van der Waals surface area (Å²) in [5, 5.41) is 0.232. The molecule has 4 heterocycles. The molecule has 0 N–H and O–H groups in total. The van der Waals surface area contributed by atoms with Crippen LogP contribution in [0.1, 0.15) is 47.1 Å². The molecule has 2 unspecified atom stereocenters. The smallest absolute Gasteiger partial charge is 0.284 e. The molecular weight excluding hydrogens is 385 g/mol. The van der Waals surface area contributed by atoms with Gasteiger partial charge in [0.25, 0.3) is 5.91 Å². The molecule has 3 aliphatic heterocycles. The number of fused-ring (bicyclic) bond motifs is 2. The van der Waals surface area contributed by atoms with Crippen molar-refractivity contribution in [1.29, 1.82) is 0 Å². The van der Waals surface area contributed by atoms with E-state index in [0.29, 0.717) is 24.1 Å². The van der Waals surface area contributed by atoms with Crippen molar-refractivity contribution in [2.24, 2.45) is 0 Å². The van der Waals surface area contributed by atoms with Crippen LogP contribution in [0.2, 0.25) is 0 Å². The fourth-order valence-corrected chi connectivity index (χ4v) is 4.56. The van der Waals surface area contributed by atoms with E-state index in [1.165, 1.54) is 17.3 Å². The first-order valence-electron chi connectivity index (χ1n) is 10.6. The molecule has 5 rings (SSSR count). The van der Waals surface area contributed by atoms with Crippen LogP contribution in [0.4, 0.5) is 10.4 Å². The molecule has 0 aliphatic carbocycles. The Bertz CT molecular complexity index is 976. The van der Waals surface area contributed by atoms with E-state index in [1.807, 2.05) is 0 Å². The van der Waals surface area contributed by atoms with E-state index in [9.17, 15) is 9.28 Å². The van der Waals surface area contributed by atoms with Gasteiger partial charge in [0.05, 0.1) is 17.8 Å². The molecule has 1 fully saturated rings. The van der Waals surface area contributed by atoms with Crippen LogP contribution in [0.5, 0.6) is 5.75 Å². The first-order valence-corrected chi connectivity index (χ1v) is 10.6. The second-order valence-electron chi connectivity index (χ2n) is 8.37. The molecule has 2 atom stereocenters. The van der Waals surface area contributed by atoms with Gasteiger partial charge in [-0.05, 0) is 31.0 Å². The van der Waals surface area contributed by atoms with Gasteiger partial charge in [-0.25, -0.2) is 9.97 Å². The molecule has 1 aromatic heterocycles. The Kier molecular flexibility index (Phi) is 4.81. The van der Waals surface area contributed by atoms with E-state index in [2.05, 4.69) is 51.8 Å². The maximum Gasteiger partial charge on any atom is 0.284 e. The molecule has 1 saturated heterocycles. The Balaban J connectivity index is 1.25. The minimum Gasteiger partial charge on any atom is -0.490 e. The largest absolute Gasteiger partial charge is 0.490 e. The SMILES string of the molecule is CC1Cc2ccc(C(C)N3CCN(c4ncc5c(n4)CCN(F)C5=O)CC3)cc2O1.